The number of hydrogen-bond donors (Lipinski definition) is 0. The van der Waals surface area contributed by atoms with Gasteiger partial charge >= 0.3 is 0 Å². The second-order valence-electron chi connectivity index (χ2n) is 5.76. The van der Waals surface area contributed by atoms with Crippen molar-refractivity contribution < 1.29 is 0 Å². The number of allylic oxidation sites excluding steroid dienone is 2. The predicted octanol–water partition coefficient (Wildman–Crippen LogP) is 4.98. The van der Waals surface area contributed by atoms with Gasteiger partial charge in [-0.1, -0.05) is 49.4 Å². The van der Waals surface area contributed by atoms with Gasteiger partial charge in [0.05, 0.1) is 5.69 Å². The van der Waals surface area contributed by atoms with E-state index in [-0.39, 0.29) is 0 Å². The summed E-state index contributed by atoms with van der Waals surface area (Å²) in [5.74, 6) is 0.425. The SMILES string of the molecule is CC(c1ccccc1)c1cccc2c1C1=C(CCC1)[N]2. The highest BCUT2D eigenvalue weighted by Crippen LogP contribution is 2.47. The molecule has 0 bridgehead atoms. The largest absolute Gasteiger partial charge is 0.253 e. The molecule has 2 aliphatic rings. The van der Waals surface area contributed by atoms with Gasteiger partial charge in [-0.15, -0.1) is 0 Å². The molecule has 1 atom stereocenters. The summed E-state index contributed by atoms with van der Waals surface area (Å²) < 4.78 is 0. The number of benzene rings is 2. The van der Waals surface area contributed by atoms with Gasteiger partial charge < -0.3 is 0 Å². The Hall–Kier alpha value is -2.02. The minimum absolute atomic E-state index is 0.425. The highest BCUT2D eigenvalue weighted by Gasteiger charge is 2.29. The minimum atomic E-state index is 0.425. The quantitative estimate of drug-likeness (QED) is 0.722. The van der Waals surface area contributed by atoms with Crippen LogP contribution in [0.15, 0.2) is 54.2 Å². The summed E-state index contributed by atoms with van der Waals surface area (Å²) in [7, 11) is 0. The molecule has 1 aliphatic carbocycles. The summed E-state index contributed by atoms with van der Waals surface area (Å²) in [5.41, 5.74) is 8.29. The van der Waals surface area contributed by atoms with Gasteiger partial charge in [-0.05, 0) is 42.0 Å². The van der Waals surface area contributed by atoms with Crippen LogP contribution in [0.25, 0.3) is 5.57 Å². The summed E-state index contributed by atoms with van der Waals surface area (Å²) in [4.78, 5) is 0. The van der Waals surface area contributed by atoms with E-state index in [0.717, 1.165) is 6.42 Å². The Morgan fingerprint density at radius 2 is 1.80 bits per heavy atom. The van der Waals surface area contributed by atoms with E-state index in [9.17, 15) is 0 Å². The van der Waals surface area contributed by atoms with E-state index in [1.807, 2.05) is 0 Å². The Balaban J connectivity index is 1.83. The average Bonchev–Trinajstić information content (AvgIpc) is 3.07. The lowest BCUT2D eigenvalue weighted by atomic mass is 9.86. The molecule has 1 aliphatic heterocycles. The van der Waals surface area contributed by atoms with Crippen molar-refractivity contribution in [2.75, 3.05) is 0 Å². The van der Waals surface area contributed by atoms with Crippen LogP contribution >= 0.6 is 0 Å². The fraction of sp³-hybridized carbons (Fsp3) is 0.263. The van der Waals surface area contributed by atoms with Crippen molar-refractivity contribution in [1.29, 1.82) is 0 Å². The zero-order chi connectivity index (χ0) is 13.5. The topological polar surface area (TPSA) is 14.1 Å². The molecule has 1 heteroatoms. The first-order chi connectivity index (χ1) is 9.84. The van der Waals surface area contributed by atoms with E-state index in [2.05, 4.69) is 55.5 Å². The third-order valence-corrected chi connectivity index (χ3v) is 4.59. The van der Waals surface area contributed by atoms with Crippen molar-refractivity contribution in [2.45, 2.75) is 32.1 Å². The molecule has 1 radical (unpaired) electrons. The monoisotopic (exact) mass is 260 g/mol. The molecule has 0 saturated heterocycles. The minimum Gasteiger partial charge on any atom is -0.253 e. The van der Waals surface area contributed by atoms with Gasteiger partial charge in [0, 0.05) is 17.2 Å². The Morgan fingerprint density at radius 1 is 0.950 bits per heavy atom. The average molecular weight is 260 g/mol. The molecule has 0 spiro atoms. The lowest BCUT2D eigenvalue weighted by Gasteiger charge is -2.17. The smallest absolute Gasteiger partial charge is 0.0711 e. The molecule has 99 valence electrons. The van der Waals surface area contributed by atoms with Crippen LogP contribution in [-0.4, -0.2) is 0 Å². The van der Waals surface area contributed by atoms with Crippen LogP contribution in [0, 0.1) is 0 Å². The molecule has 2 aromatic rings. The molecular formula is C19H18N. The third-order valence-electron chi connectivity index (χ3n) is 4.59. The van der Waals surface area contributed by atoms with Crippen LogP contribution < -0.4 is 5.32 Å². The van der Waals surface area contributed by atoms with Crippen molar-refractivity contribution in [2.24, 2.45) is 0 Å². The summed E-state index contributed by atoms with van der Waals surface area (Å²) >= 11 is 0. The molecule has 20 heavy (non-hydrogen) atoms. The summed E-state index contributed by atoms with van der Waals surface area (Å²) in [6.07, 6.45) is 3.62. The molecule has 4 rings (SSSR count). The van der Waals surface area contributed by atoms with E-state index in [1.165, 1.54) is 46.5 Å². The second-order valence-corrected chi connectivity index (χ2v) is 5.76. The van der Waals surface area contributed by atoms with Gasteiger partial charge in [0.1, 0.15) is 0 Å². The number of hydrogen-bond acceptors (Lipinski definition) is 0. The van der Waals surface area contributed by atoms with Crippen molar-refractivity contribution in [3.8, 4) is 0 Å². The maximum Gasteiger partial charge on any atom is 0.0711 e. The standard InChI is InChI=1S/C19H18N/c1-13(14-7-3-2-4-8-14)15-9-5-12-18-19(15)16-10-6-11-17(16)20-18/h2-5,7-9,12-13H,6,10-11H2,1H3. The van der Waals surface area contributed by atoms with Crippen molar-refractivity contribution >= 4 is 11.3 Å². The molecule has 0 saturated carbocycles. The van der Waals surface area contributed by atoms with Gasteiger partial charge in [0.2, 0.25) is 0 Å². The van der Waals surface area contributed by atoms with Gasteiger partial charge in [0.25, 0.3) is 0 Å². The van der Waals surface area contributed by atoms with E-state index < -0.39 is 0 Å². The second kappa shape index (κ2) is 4.52. The van der Waals surface area contributed by atoms with Crippen LogP contribution in [0.2, 0.25) is 0 Å². The highest BCUT2D eigenvalue weighted by molar-refractivity contribution is 5.85. The fourth-order valence-corrected chi connectivity index (χ4v) is 3.53. The molecule has 2 aromatic carbocycles. The molecule has 0 fully saturated rings. The maximum absolute atomic E-state index is 4.83. The van der Waals surface area contributed by atoms with Crippen LogP contribution in [0.3, 0.4) is 0 Å². The summed E-state index contributed by atoms with van der Waals surface area (Å²) in [5, 5.41) is 4.83. The molecule has 1 unspecified atom stereocenters. The van der Waals surface area contributed by atoms with Gasteiger partial charge in [-0.3, -0.25) is 5.32 Å². The predicted molar refractivity (Wildman–Crippen MR) is 83.0 cm³/mol. The normalized spacial score (nSPS) is 17.6. The number of nitrogens with zero attached hydrogens (tertiary/aromatic N) is 1. The molecule has 0 aromatic heterocycles. The van der Waals surface area contributed by atoms with E-state index in [1.54, 1.807) is 0 Å². The highest BCUT2D eigenvalue weighted by atomic mass is 14.9. The maximum atomic E-state index is 4.83. The third kappa shape index (κ3) is 1.70. The Kier molecular flexibility index (Phi) is 2.66. The first-order valence-electron chi connectivity index (χ1n) is 7.46. The van der Waals surface area contributed by atoms with E-state index >= 15 is 0 Å². The Bertz CT molecular complexity index is 682. The summed E-state index contributed by atoms with van der Waals surface area (Å²) in [6, 6.07) is 17.4. The van der Waals surface area contributed by atoms with Gasteiger partial charge in [-0.2, -0.15) is 0 Å². The molecule has 0 N–H and O–H groups in total. The Morgan fingerprint density at radius 3 is 2.65 bits per heavy atom. The van der Waals surface area contributed by atoms with E-state index in [0.29, 0.717) is 5.92 Å². The van der Waals surface area contributed by atoms with Crippen LogP contribution in [0.4, 0.5) is 5.69 Å². The Labute approximate surface area is 120 Å². The molecular weight excluding hydrogens is 242 g/mol. The van der Waals surface area contributed by atoms with Crippen molar-refractivity contribution in [3.05, 3.63) is 70.9 Å². The van der Waals surface area contributed by atoms with E-state index in [4.69, 9.17) is 5.32 Å². The zero-order valence-electron chi connectivity index (χ0n) is 11.8. The van der Waals surface area contributed by atoms with Crippen LogP contribution in [-0.2, 0) is 0 Å². The van der Waals surface area contributed by atoms with Gasteiger partial charge in [-0.25, -0.2) is 0 Å². The van der Waals surface area contributed by atoms with Gasteiger partial charge in [0.15, 0.2) is 0 Å². The van der Waals surface area contributed by atoms with Crippen molar-refractivity contribution in [3.63, 3.8) is 0 Å². The first kappa shape index (κ1) is 11.8. The summed E-state index contributed by atoms with van der Waals surface area (Å²) in [6.45, 7) is 2.30. The fourth-order valence-electron chi connectivity index (χ4n) is 3.53. The lowest BCUT2D eigenvalue weighted by molar-refractivity contribution is 0.853. The molecule has 1 nitrogen and oxygen atoms in total. The van der Waals surface area contributed by atoms with Crippen LogP contribution in [0.1, 0.15) is 48.8 Å². The molecule has 1 heterocycles. The lowest BCUT2D eigenvalue weighted by Crippen LogP contribution is -2.00. The zero-order valence-corrected chi connectivity index (χ0v) is 11.8. The van der Waals surface area contributed by atoms with Crippen molar-refractivity contribution in [1.82, 2.24) is 5.32 Å². The first-order valence-corrected chi connectivity index (χ1v) is 7.46. The van der Waals surface area contributed by atoms with Crippen LogP contribution in [0.5, 0.6) is 0 Å². The molecule has 0 amide bonds. The number of fused-ring (bicyclic) bond motifs is 2. The number of rotatable bonds is 2.